The number of amides is 3. The van der Waals surface area contributed by atoms with E-state index in [1.165, 1.54) is 14.2 Å². The van der Waals surface area contributed by atoms with Crippen LogP contribution in [0, 0.1) is 5.92 Å². The molecule has 0 unspecified atom stereocenters. The number of hydrogen-bond donors (Lipinski definition) is 1. The van der Waals surface area contributed by atoms with Gasteiger partial charge in [0.15, 0.2) is 18.1 Å². The van der Waals surface area contributed by atoms with Crippen LogP contribution in [0.1, 0.15) is 24.2 Å². The maximum absolute atomic E-state index is 13.0. The van der Waals surface area contributed by atoms with E-state index in [4.69, 9.17) is 14.2 Å². The lowest BCUT2D eigenvalue weighted by Gasteiger charge is -2.35. The van der Waals surface area contributed by atoms with Gasteiger partial charge in [-0.2, -0.15) is 0 Å². The molecule has 3 amide bonds. The summed E-state index contributed by atoms with van der Waals surface area (Å²) in [4.78, 5) is 41.0. The molecule has 0 saturated carbocycles. The minimum atomic E-state index is -0.361. The molecule has 2 aromatic rings. The number of rotatable bonds is 8. The molecule has 1 saturated heterocycles. The number of piperazine rings is 1. The third-order valence-electron chi connectivity index (χ3n) is 5.52. The van der Waals surface area contributed by atoms with Crippen LogP contribution in [0.4, 0.5) is 5.69 Å². The molecule has 0 aromatic heterocycles. The van der Waals surface area contributed by atoms with Gasteiger partial charge in [-0.3, -0.25) is 14.4 Å². The second-order valence-corrected chi connectivity index (χ2v) is 8.17. The molecule has 9 nitrogen and oxygen atoms in total. The van der Waals surface area contributed by atoms with Gasteiger partial charge in [0.25, 0.3) is 11.8 Å². The number of carbonyl (C=O) groups is 3. The van der Waals surface area contributed by atoms with Crippen molar-refractivity contribution < 1.29 is 28.6 Å². The molecule has 1 heterocycles. The molecule has 0 spiro atoms. The standard InChI is InChI=1S/C25H31N3O6/c1-17(2)24(30)27-11-13-28(14-12-27)25(31)18-9-10-21(22(15-18)33-4)34-16-23(29)26-19-7-5-6-8-20(19)32-3/h5-10,15,17H,11-14,16H2,1-4H3,(H,26,29). The van der Waals surface area contributed by atoms with Crippen LogP contribution in [-0.2, 0) is 9.59 Å². The summed E-state index contributed by atoms with van der Waals surface area (Å²) in [7, 11) is 3.00. The highest BCUT2D eigenvalue weighted by Crippen LogP contribution is 2.29. The van der Waals surface area contributed by atoms with Gasteiger partial charge in [-0.05, 0) is 30.3 Å². The molecule has 3 rings (SSSR count). The van der Waals surface area contributed by atoms with E-state index in [2.05, 4.69) is 5.32 Å². The predicted octanol–water partition coefficient (Wildman–Crippen LogP) is 2.66. The zero-order valence-electron chi connectivity index (χ0n) is 20.0. The van der Waals surface area contributed by atoms with Gasteiger partial charge in [0.1, 0.15) is 5.75 Å². The van der Waals surface area contributed by atoms with Crippen molar-refractivity contribution in [3.8, 4) is 17.2 Å². The lowest BCUT2D eigenvalue weighted by molar-refractivity contribution is -0.135. The summed E-state index contributed by atoms with van der Waals surface area (Å²) in [6.07, 6.45) is 0. The first kappa shape index (κ1) is 24.9. The van der Waals surface area contributed by atoms with Crippen molar-refractivity contribution in [3.63, 3.8) is 0 Å². The van der Waals surface area contributed by atoms with Crippen molar-refractivity contribution in [1.82, 2.24) is 9.80 Å². The Hall–Kier alpha value is -3.75. The van der Waals surface area contributed by atoms with Gasteiger partial charge in [-0.25, -0.2) is 0 Å². The molecule has 9 heteroatoms. The topological polar surface area (TPSA) is 97.4 Å². The third kappa shape index (κ3) is 5.98. The van der Waals surface area contributed by atoms with E-state index in [1.54, 1.807) is 46.2 Å². The number of ether oxygens (including phenoxy) is 3. The van der Waals surface area contributed by atoms with Crippen LogP contribution in [0.15, 0.2) is 42.5 Å². The Morgan fingerprint density at radius 3 is 2.18 bits per heavy atom. The van der Waals surface area contributed by atoms with Crippen LogP contribution < -0.4 is 19.5 Å². The molecule has 2 aromatic carbocycles. The molecule has 1 N–H and O–H groups in total. The zero-order valence-corrected chi connectivity index (χ0v) is 20.0. The van der Waals surface area contributed by atoms with E-state index in [0.29, 0.717) is 54.7 Å². The van der Waals surface area contributed by atoms with E-state index in [9.17, 15) is 14.4 Å². The summed E-state index contributed by atoms with van der Waals surface area (Å²) in [5, 5.41) is 2.74. The van der Waals surface area contributed by atoms with Gasteiger partial charge in [0, 0.05) is 37.7 Å². The maximum atomic E-state index is 13.0. The van der Waals surface area contributed by atoms with Crippen LogP contribution in [-0.4, -0.2) is 74.5 Å². The van der Waals surface area contributed by atoms with Crippen LogP contribution in [0.25, 0.3) is 0 Å². The lowest BCUT2D eigenvalue weighted by Crippen LogP contribution is -2.51. The Bertz CT molecular complexity index is 1030. The number of benzene rings is 2. The van der Waals surface area contributed by atoms with Crippen molar-refractivity contribution in [1.29, 1.82) is 0 Å². The van der Waals surface area contributed by atoms with Crippen LogP contribution >= 0.6 is 0 Å². The van der Waals surface area contributed by atoms with Gasteiger partial charge in [0.05, 0.1) is 19.9 Å². The van der Waals surface area contributed by atoms with Crippen molar-refractivity contribution in [2.75, 3.05) is 52.3 Å². The second kappa shape index (κ2) is 11.4. The number of carbonyl (C=O) groups excluding carboxylic acids is 3. The van der Waals surface area contributed by atoms with Crippen molar-refractivity contribution in [2.24, 2.45) is 5.92 Å². The lowest BCUT2D eigenvalue weighted by atomic mass is 10.1. The normalized spacial score (nSPS) is 13.4. The summed E-state index contributed by atoms with van der Waals surface area (Å²) in [6, 6.07) is 11.9. The first-order valence-electron chi connectivity index (χ1n) is 11.2. The Morgan fingerprint density at radius 2 is 1.53 bits per heavy atom. The van der Waals surface area contributed by atoms with Crippen molar-refractivity contribution in [3.05, 3.63) is 48.0 Å². The largest absolute Gasteiger partial charge is 0.495 e. The number of para-hydroxylation sites is 2. The van der Waals surface area contributed by atoms with E-state index in [0.717, 1.165) is 0 Å². The fourth-order valence-electron chi connectivity index (χ4n) is 3.68. The Balaban J connectivity index is 1.59. The molecule has 1 aliphatic heterocycles. The summed E-state index contributed by atoms with van der Waals surface area (Å²) in [6.45, 7) is 5.48. The van der Waals surface area contributed by atoms with Gasteiger partial charge in [0.2, 0.25) is 5.91 Å². The molecule has 1 fully saturated rings. The Labute approximate surface area is 199 Å². The van der Waals surface area contributed by atoms with Gasteiger partial charge in [-0.15, -0.1) is 0 Å². The SMILES string of the molecule is COc1ccccc1NC(=O)COc1ccc(C(=O)N2CCN(C(=O)C(C)C)CC2)cc1OC. The molecule has 1 aliphatic rings. The van der Waals surface area contributed by atoms with E-state index in [1.807, 2.05) is 19.9 Å². The number of nitrogens with one attached hydrogen (secondary N) is 1. The maximum Gasteiger partial charge on any atom is 0.262 e. The Morgan fingerprint density at radius 1 is 0.882 bits per heavy atom. The third-order valence-corrected chi connectivity index (χ3v) is 5.52. The molecule has 0 aliphatic carbocycles. The number of anilines is 1. The second-order valence-electron chi connectivity index (χ2n) is 8.17. The summed E-state index contributed by atoms with van der Waals surface area (Å²) >= 11 is 0. The molecule has 182 valence electrons. The van der Waals surface area contributed by atoms with Crippen LogP contribution in [0.2, 0.25) is 0 Å². The molecule has 0 bridgehead atoms. The highest BCUT2D eigenvalue weighted by molar-refractivity contribution is 5.95. The molecular formula is C25H31N3O6. The minimum absolute atomic E-state index is 0.0594. The van der Waals surface area contributed by atoms with E-state index >= 15 is 0 Å². The number of hydrogen-bond acceptors (Lipinski definition) is 6. The fourth-order valence-corrected chi connectivity index (χ4v) is 3.68. The predicted molar refractivity (Wildman–Crippen MR) is 127 cm³/mol. The molecule has 34 heavy (non-hydrogen) atoms. The highest BCUT2D eigenvalue weighted by Gasteiger charge is 2.26. The first-order chi connectivity index (χ1) is 16.3. The molecule has 0 atom stereocenters. The first-order valence-corrected chi connectivity index (χ1v) is 11.2. The molecule has 0 radical (unpaired) electrons. The number of nitrogens with zero attached hydrogens (tertiary/aromatic N) is 2. The highest BCUT2D eigenvalue weighted by atomic mass is 16.5. The van der Waals surface area contributed by atoms with Gasteiger partial charge >= 0.3 is 0 Å². The van der Waals surface area contributed by atoms with Gasteiger partial charge < -0.3 is 29.3 Å². The van der Waals surface area contributed by atoms with Crippen LogP contribution in [0.3, 0.4) is 0 Å². The zero-order chi connectivity index (χ0) is 24.7. The monoisotopic (exact) mass is 469 g/mol. The summed E-state index contributed by atoms with van der Waals surface area (Å²) < 4.78 is 16.2. The average molecular weight is 470 g/mol. The van der Waals surface area contributed by atoms with Crippen molar-refractivity contribution >= 4 is 23.4 Å². The smallest absolute Gasteiger partial charge is 0.262 e. The van der Waals surface area contributed by atoms with E-state index in [-0.39, 0.29) is 30.2 Å². The van der Waals surface area contributed by atoms with E-state index < -0.39 is 0 Å². The number of methoxy groups -OCH3 is 2. The minimum Gasteiger partial charge on any atom is -0.495 e. The van der Waals surface area contributed by atoms with Crippen LogP contribution in [0.5, 0.6) is 17.2 Å². The summed E-state index contributed by atoms with van der Waals surface area (Å²) in [5.41, 5.74) is 0.994. The van der Waals surface area contributed by atoms with Crippen molar-refractivity contribution in [2.45, 2.75) is 13.8 Å². The molecular weight excluding hydrogens is 438 g/mol. The Kier molecular flexibility index (Phi) is 8.34. The summed E-state index contributed by atoms with van der Waals surface area (Å²) in [5.74, 6) is 0.786. The van der Waals surface area contributed by atoms with Gasteiger partial charge in [-0.1, -0.05) is 26.0 Å². The quantitative estimate of drug-likeness (QED) is 0.639. The average Bonchev–Trinajstić information content (AvgIpc) is 2.86. The fraction of sp³-hybridized carbons (Fsp3) is 0.400.